The smallest absolute Gasteiger partial charge is 0.252 e. The summed E-state index contributed by atoms with van der Waals surface area (Å²) in [6.07, 6.45) is 6.66. The van der Waals surface area contributed by atoms with Crippen LogP contribution in [-0.2, 0) is 19.6 Å². The Morgan fingerprint density at radius 1 is 1.00 bits per heavy atom. The number of allylic oxidation sites excluding steroid dienone is 1. The van der Waals surface area contributed by atoms with Crippen LogP contribution in [0.2, 0.25) is 5.02 Å². The number of anilines is 1. The number of rotatable bonds is 7. The predicted molar refractivity (Wildman–Crippen MR) is 124 cm³/mol. The molecule has 4 rings (SSSR count). The molecular weight excluding hydrogens is 448 g/mol. The normalized spacial score (nSPS) is 19.5. The van der Waals surface area contributed by atoms with E-state index in [1.807, 2.05) is 0 Å². The van der Waals surface area contributed by atoms with Crippen LogP contribution in [0.15, 0.2) is 71.1 Å². The van der Waals surface area contributed by atoms with Crippen molar-refractivity contribution >= 4 is 39.1 Å². The zero-order chi connectivity index (χ0) is 22.7. The molecule has 32 heavy (non-hydrogen) atoms. The van der Waals surface area contributed by atoms with Crippen LogP contribution < -0.4 is 4.90 Å². The molecule has 1 saturated heterocycles. The lowest BCUT2D eigenvalue weighted by molar-refractivity contribution is -0.122. The zero-order valence-corrected chi connectivity index (χ0v) is 19.2. The third-order valence-corrected chi connectivity index (χ3v) is 8.12. The van der Waals surface area contributed by atoms with Crippen LogP contribution in [0.4, 0.5) is 5.69 Å². The first-order valence-electron chi connectivity index (χ1n) is 10.7. The summed E-state index contributed by atoms with van der Waals surface area (Å²) < 4.78 is 28.4. The average Bonchev–Trinajstić information content (AvgIpc) is 3.09. The molecule has 1 atom stereocenters. The number of hydrogen-bond donors (Lipinski definition) is 0. The largest absolute Gasteiger partial charge is 0.274 e. The molecular formula is C24H25ClN2O4S. The number of carbonyl (C=O) groups is 2. The van der Waals surface area contributed by atoms with Crippen LogP contribution >= 0.6 is 11.6 Å². The molecule has 8 heteroatoms. The minimum atomic E-state index is -4.02. The van der Waals surface area contributed by atoms with Gasteiger partial charge in [0.05, 0.1) is 17.0 Å². The maximum absolute atomic E-state index is 13.6. The fraction of sp³-hybridized carbons (Fsp3) is 0.333. The molecule has 1 aliphatic heterocycles. The van der Waals surface area contributed by atoms with Gasteiger partial charge in [-0.3, -0.25) is 9.59 Å². The summed E-state index contributed by atoms with van der Waals surface area (Å²) in [7, 11) is -4.02. The highest BCUT2D eigenvalue weighted by Crippen LogP contribution is 2.31. The summed E-state index contributed by atoms with van der Waals surface area (Å²) in [6.45, 7) is 0.142. The summed E-state index contributed by atoms with van der Waals surface area (Å²) in [5, 5.41) is 0.422. The van der Waals surface area contributed by atoms with Crippen LogP contribution in [0.3, 0.4) is 0 Å². The van der Waals surface area contributed by atoms with Crippen molar-refractivity contribution < 1.29 is 18.0 Å². The Kier molecular flexibility index (Phi) is 6.79. The van der Waals surface area contributed by atoms with Crippen molar-refractivity contribution in [1.82, 2.24) is 4.31 Å². The first-order valence-corrected chi connectivity index (χ1v) is 12.6. The van der Waals surface area contributed by atoms with E-state index >= 15 is 0 Å². The lowest BCUT2D eigenvalue weighted by Gasteiger charge is -2.27. The number of carbonyl (C=O) groups excluding carboxylic acids is 2. The lowest BCUT2D eigenvalue weighted by Crippen LogP contribution is -2.46. The molecule has 2 aromatic rings. The highest BCUT2D eigenvalue weighted by atomic mass is 35.5. The molecule has 0 saturated carbocycles. The summed E-state index contributed by atoms with van der Waals surface area (Å²) >= 11 is 5.94. The molecule has 1 fully saturated rings. The van der Waals surface area contributed by atoms with Crippen LogP contribution in [0, 0.1) is 0 Å². The van der Waals surface area contributed by atoms with E-state index in [0.717, 1.165) is 30.6 Å². The number of hydrogen-bond acceptors (Lipinski definition) is 4. The van der Waals surface area contributed by atoms with E-state index in [2.05, 4.69) is 6.08 Å². The Morgan fingerprint density at radius 2 is 1.72 bits per heavy atom. The molecule has 6 nitrogen and oxygen atoms in total. The molecule has 1 aliphatic carbocycles. The minimum absolute atomic E-state index is 0.0536. The Balaban J connectivity index is 1.67. The Bertz CT molecular complexity index is 1130. The summed E-state index contributed by atoms with van der Waals surface area (Å²) in [5.74, 6) is -0.921. The van der Waals surface area contributed by atoms with E-state index in [-0.39, 0.29) is 17.9 Å². The third kappa shape index (κ3) is 4.65. The molecule has 168 valence electrons. The Morgan fingerprint density at radius 3 is 2.38 bits per heavy atom. The maximum atomic E-state index is 13.6. The van der Waals surface area contributed by atoms with Crippen molar-refractivity contribution in [3.63, 3.8) is 0 Å². The molecule has 0 aromatic heterocycles. The van der Waals surface area contributed by atoms with Gasteiger partial charge in [0.15, 0.2) is 0 Å². The quantitative estimate of drug-likeness (QED) is 0.437. The monoisotopic (exact) mass is 472 g/mol. The lowest BCUT2D eigenvalue weighted by atomic mass is 9.97. The molecule has 1 heterocycles. The number of sulfonamides is 1. The first-order chi connectivity index (χ1) is 15.4. The number of nitrogens with zero attached hydrogens (tertiary/aromatic N) is 2. The van der Waals surface area contributed by atoms with Crippen molar-refractivity contribution in [2.75, 3.05) is 11.4 Å². The van der Waals surface area contributed by atoms with Gasteiger partial charge < -0.3 is 0 Å². The second-order valence-corrected chi connectivity index (χ2v) is 10.4. The highest BCUT2D eigenvalue weighted by molar-refractivity contribution is 7.89. The molecule has 2 aliphatic rings. The summed E-state index contributed by atoms with van der Waals surface area (Å²) in [6, 6.07) is 13.4. The first kappa shape index (κ1) is 22.7. The molecule has 2 amide bonds. The van der Waals surface area contributed by atoms with Gasteiger partial charge in [-0.05, 0) is 68.5 Å². The van der Waals surface area contributed by atoms with Gasteiger partial charge in [0.1, 0.15) is 6.04 Å². The second-order valence-electron chi connectivity index (χ2n) is 8.05. The van der Waals surface area contributed by atoms with Gasteiger partial charge in [-0.25, -0.2) is 13.3 Å². The minimum Gasteiger partial charge on any atom is -0.274 e. The van der Waals surface area contributed by atoms with Crippen molar-refractivity contribution in [1.29, 1.82) is 0 Å². The van der Waals surface area contributed by atoms with Gasteiger partial charge in [-0.1, -0.05) is 41.4 Å². The number of para-hydroxylation sites is 1. The van der Waals surface area contributed by atoms with Gasteiger partial charge in [0.2, 0.25) is 15.9 Å². The van der Waals surface area contributed by atoms with Gasteiger partial charge in [0.25, 0.3) is 5.91 Å². The predicted octanol–water partition coefficient (Wildman–Crippen LogP) is 4.55. The van der Waals surface area contributed by atoms with Crippen LogP contribution in [-0.4, -0.2) is 37.1 Å². The molecule has 0 N–H and O–H groups in total. The maximum Gasteiger partial charge on any atom is 0.252 e. The fourth-order valence-electron chi connectivity index (χ4n) is 4.26. The van der Waals surface area contributed by atoms with Crippen molar-refractivity contribution in [2.45, 2.75) is 49.5 Å². The second kappa shape index (κ2) is 9.57. The van der Waals surface area contributed by atoms with Crippen LogP contribution in [0.25, 0.3) is 0 Å². The molecule has 0 bridgehead atoms. The average molecular weight is 473 g/mol. The zero-order valence-electron chi connectivity index (χ0n) is 17.6. The Labute approximate surface area is 193 Å². The summed E-state index contributed by atoms with van der Waals surface area (Å²) in [4.78, 5) is 27.2. The van der Waals surface area contributed by atoms with Crippen LogP contribution in [0.1, 0.15) is 38.5 Å². The van der Waals surface area contributed by atoms with Gasteiger partial charge in [-0.2, -0.15) is 4.31 Å². The standard InChI is InChI=1S/C24H25ClN2O4S/c25-19-11-13-21(14-12-19)32(30,31)26(16-15-18-7-3-1-4-8-18)22-17-23(28)27(24(22)29)20-9-5-2-6-10-20/h2,5-7,9-14,22H,1,3-4,8,15-17H2. The molecule has 2 aromatic carbocycles. The molecule has 1 unspecified atom stereocenters. The number of halogens is 1. The SMILES string of the molecule is O=C1CC(N(CCC2=CCCCC2)S(=O)(=O)c2ccc(Cl)cc2)C(=O)N1c1ccccc1. The van der Waals surface area contributed by atoms with E-state index < -0.39 is 27.9 Å². The van der Waals surface area contributed by atoms with E-state index in [0.29, 0.717) is 17.1 Å². The number of imide groups is 1. The molecule has 0 radical (unpaired) electrons. The van der Waals surface area contributed by atoms with Gasteiger partial charge >= 0.3 is 0 Å². The van der Waals surface area contributed by atoms with E-state index in [4.69, 9.17) is 11.6 Å². The molecule has 0 spiro atoms. The highest BCUT2D eigenvalue weighted by Gasteiger charge is 2.46. The van der Waals surface area contributed by atoms with Gasteiger partial charge in [-0.15, -0.1) is 0 Å². The van der Waals surface area contributed by atoms with E-state index in [9.17, 15) is 18.0 Å². The third-order valence-electron chi connectivity index (χ3n) is 5.94. The van der Waals surface area contributed by atoms with Crippen molar-refractivity contribution in [3.8, 4) is 0 Å². The number of benzene rings is 2. The van der Waals surface area contributed by atoms with Crippen molar-refractivity contribution in [3.05, 3.63) is 71.3 Å². The topological polar surface area (TPSA) is 74.8 Å². The van der Waals surface area contributed by atoms with E-state index in [1.54, 1.807) is 30.3 Å². The fourth-order valence-corrected chi connectivity index (χ4v) is 5.97. The summed E-state index contributed by atoms with van der Waals surface area (Å²) in [5.41, 5.74) is 1.65. The Hall–Kier alpha value is -2.48. The van der Waals surface area contributed by atoms with E-state index in [1.165, 1.54) is 34.1 Å². The number of amides is 2. The van der Waals surface area contributed by atoms with Crippen LogP contribution in [0.5, 0.6) is 0 Å². The van der Waals surface area contributed by atoms with Crippen molar-refractivity contribution in [2.24, 2.45) is 0 Å². The van der Waals surface area contributed by atoms with Gasteiger partial charge in [0, 0.05) is 11.6 Å².